The first kappa shape index (κ1) is 30.9. The van der Waals surface area contributed by atoms with Gasteiger partial charge in [0, 0.05) is 47.7 Å². The van der Waals surface area contributed by atoms with Crippen LogP contribution in [0, 0.1) is 10.1 Å². The zero-order valence-electron chi connectivity index (χ0n) is 22.1. The van der Waals surface area contributed by atoms with E-state index in [0.29, 0.717) is 10.7 Å². The van der Waals surface area contributed by atoms with Crippen LogP contribution in [0.1, 0.15) is 47.4 Å². The minimum absolute atomic E-state index is 0.0257. The molecule has 1 amide bonds. The molecule has 0 bridgehead atoms. The number of unbranched alkanes of at least 4 members (excludes halogenated alkanes) is 1. The average Bonchev–Trinajstić information content (AvgIpc) is 2.94. The van der Waals surface area contributed by atoms with E-state index in [-0.39, 0.29) is 28.9 Å². The van der Waals surface area contributed by atoms with Crippen molar-refractivity contribution in [2.75, 3.05) is 18.5 Å². The lowest BCUT2D eigenvalue weighted by atomic mass is 9.89. The maximum Gasteiger partial charge on any atom is 0.523 e. The molecule has 0 aromatic heterocycles. The molecule has 42 heavy (non-hydrogen) atoms. The molecule has 0 N–H and O–H groups in total. The largest absolute Gasteiger partial charge is 0.523 e. The van der Waals surface area contributed by atoms with Crippen LogP contribution in [0.3, 0.4) is 0 Å². The Balaban J connectivity index is 1.95. The smallest absolute Gasteiger partial charge is 0.344 e. The predicted molar refractivity (Wildman–Crippen MR) is 145 cm³/mol. The molecule has 3 aromatic carbocycles. The van der Waals surface area contributed by atoms with E-state index in [1.807, 2.05) is 0 Å². The Morgan fingerprint density at radius 2 is 1.62 bits per heavy atom. The van der Waals surface area contributed by atoms with Crippen LogP contribution in [0.25, 0.3) is 0 Å². The van der Waals surface area contributed by atoms with E-state index in [4.69, 9.17) is 4.18 Å². The zero-order valence-corrected chi connectivity index (χ0v) is 23.7. The second-order valence-electron chi connectivity index (χ2n) is 9.19. The standard InChI is InChI=1S/C26H24F3N3O8S2/c1-3-4-16-31(41(36,37)22-15-8-7-13-20(22)32(34)35)25(33)18-11-9-14-21-23(18)24(40-42(38,39)26(27,28)29)17-10-5-6-12-19(17)30(21)2/h5-15,24H,3-4,16H2,1-2H3. The molecule has 224 valence electrons. The number of amides is 1. The first-order chi connectivity index (χ1) is 19.6. The number of carbonyl (C=O) groups excluding carboxylic acids is 1. The summed E-state index contributed by atoms with van der Waals surface area (Å²) in [6.45, 7) is 1.29. The Kier molecular flexibility index (Phi) is 8.35. The van der Waals surface area contributed by atoms with Gasteiger partial charge in [-0.2, -0.15) is 21.6 Å². The third-order valence-corrected chi connectivity index (χ3v) is 9.44. The van der Waals surface area contributed by atoms with E-state index < -0.39 is 65.3 Å². The van der Waals surface area contributed by atoms with Crippen LogP contribution in [0.15, 0.2) is 71.6 Å². The zero-order chi connectivity index (χ0) is 31.0. The molecular weight excluding hydrogens is 603 g/mol. The van der Waals surface area contributed by atoms with E-state index in [0.717, 1.165) is 18.2 Å². The van der Waals surface area contributed by atoms with E-state index in [2.05, 4.69) is 0 Å². The highest BCUT2D eigenvalue weighted by Crippen LogP contribution is 2.48. The number of nitrogens with zero attached hydrogens (tertiary/aromatic N) is 3. The van der Waals surface area contributed by atoms with E-state index in [9.17, 15) is 44.9 Å². The lowest BCUT2D eigenvalue weighted by Gasteiger charge is -2.36. The van der Waals surface area contributed by atoms with Crippen LogP contribution in [-0.4, -0.2) is 51.1 Å². The van der Waals surface area contributed by atoms with E-state index >= 15 is 0 Å². The van der Waals surface area contributed by atoms with Crippen molar-refractivity contribution in [2.24, 2.45) is 0 Å². The van der Waals surface area contributed by atoms with E-state index in [1.54, 1.807) is 13.0 Å². The Bertz CT molecular complexity index is 1760. The van der Waals surface area contributed by atoms with Crippen molar-refractivity contribution >= 4 is 43.1 Å². The van der Waals surface area contributed by atoms with Gasteiger partial charge in [0.25, 0.3) is 21.6 Å². The molecule has 0 fully saturated rings. The number of hydrogen-bond acceptors (Lipinski definition) is 9. The number of sulfonamides is 1. The average molecular weight is 628 g/mol. The normalized spacial score (nSPS) is 15.1. The molecule has 4 rings (SSSR count). The van der Waals surface area contributed by atoms with Crippen molar-refractivity contribution in [3.05, 3.63) is 93.5 Å². The Morgan fingerprint density at radius 1 is 1.00 bits per heavy atom. The van der Waals surface area contributed by atoms with Gasteiger partial charge in [-0.1, -0.05) is 49.7 Å². The monoisotopic (exact) mass is 627 g/mol. The van der Waals surface area contributed by atoms with Crippen molar-refractivity contribution in [1.82, 2.24) is 4.31 Å². The molecule has 0 aliphatic carbocycles. The Morgan fingerprint density at radius 3 is 2.26 bits per heavy atom. The number of carbonyl (C=O) groups is 1. The summed E-state index contributed by atoms with van der Waals surface area (Å²) in [6, 6.07) is 14.1. The summed E-state index contributed by atoms with van der Waals surface area (Å²) in [5.41, 5.74) is -7.03. The molecule has 1 heterocycles. The van der Waals surface area contributed by atoms with Gasteiger partial charge in [-0.25, -0.2) is 16.9 Å². The lowest BCUT2D eigenvalue weighted by Crippen LogP contribution is -2.39. The second kappa shape index (κ2) is 11.3. The number of alkyl halides is 3. The third kappa shape index (κ3) is 5.44. The summed E-state index contributed by atoms with van der Waals surface area (Å²) < 4.78 is 97.5. The highest BCUT2D eigenvalue weighted by Gasteiger charge is 2.50. The summed E-state index contributed by atoms with van der Waals surface area (Å²) in [6.07, 6.45) is -1.43. The molecule has 0 spiro atoms. The minimum atomic E-state index is -6.20. The molecule has 16 heteroatoms. The fourth-order valence-corrected chi connectivity index (χ4v) is 6.74. The third-order valence-electron chi connectivity index (χ3n) is 6.60. The number of nitro benzene ring substituents is 1. The highest BCUT2D eigenvalue weighted by molar-refractivity contribution is 7.89. The van der Waals surface area contributed by atoms with Crippen molar-refractivity contribution < 1.29 is 43.9 Å². The van der Waals surface area contributed by atoms with Crippen molar-refractivity contribution in [3.63, 3.8) is 0 Å². The quantitative estimate of drug-likeness (QED) is 0.134. The Hall–Kier alpha value is -4.02. The summed E-state index contributed by atoms with van der Waals surface area (Å²) in [5.74, 6) is -1.23. The molecule has 0 saturated heterocycles. The molecule has 0 saturated carbocycles. The van der Waals surface area contributed by atoms with Gasteiger partial charge in [-0.15, -0.1) is 0 Å². The lowest BCUT2D eigenvalue weighted by molar-refractivity contribution is -0.387. The minimum Gasteiger partial charge on any atom is -0.344 e. The Labute approximate surface area is 239 Å². The molecule has 0 radical (unpaired) electrons. The van der Waals surface area contributed by atoms with Crippen LogP contribution >= 0.6 is 0 Å². The van der Waals surface area contributed by atoms with Gasteiger partial charge in [0.1, 0.15) is 6.10 Å². The fourth-order valence-electron chi connectivity index (χ4n) is 4.60. The van der Waals surface area contributed by atoms with E-state index in [1.165, 1.54) is 54.4 Å². The summed E-state index contributed by atoms with van der Waals surface area (Å²) >= 11 is 0. The van der Waals surface area contributed by atoms with Gasteiger partial charge in [0.05, 0.1) is 4.92 Å². The molecule has 11 nitrogen and oxygen atoms in total. The fraction of sp³-hybridized carbons (Fsp3) is 0.269. The number of benzene rings is 3. The number of rotatable bonds is 9. The van der Waals surface area contributed by atoms with Crippen LogP contribution in [0.4, 0.5) is 30.2 Å². The number of anilines is 2. The molecule has 3 aromatic rings. The van der Waals surface area contributed by atoms with Gasteiger partial charge < -0.3 is 4.90 Å². The number of nitro groups is 1. The van der Waals surface area contributed by atoms with Crippen molar-refractivity contribution in [2.45, 2.75) is 36.3 Å². The molecule has 1 aliphatic rings. The number of hydrogen-bond donors (Lipinski definition) is 0. The topological polar surface area (TPSA) is 144 Å². The van der Waals surface area contributed by atoms with Crippen molar-refractivity contribution in [3.8, 4) is 0 Å². The number of halogens is 3. The SMILES string of the molecule is CCCCN(C(=O)c1cccc2c1C(OS(=O)(=O)C(F)(F)F)c1ccccc1N2C)S(=O)(=O)c1ccccc1[N+](=O)[O-]. The van der Waals surface area contributed by atoms with Gasteiger partial charge in [0.15, 0.2) is 4.90 Å². The van der Waals surface area contributed by atoms with Crippen LogP contribution in [0.5, 0.6) is 0 Å². The maximum atomic E-state index is 14.1. The number of fused-ring (bicyclic) bond motifs is 2. The number of para-hydroxylation sites is 2. The molecule has 1 aliphatic heterocycles. The molecule has 1 unspecified atom stereocenters. The van der Waals surface area contributed by atoms with Crippen LogP contribution in [0.2, 0.25) is 0 Å². The van der Waals surface area contributed by atoms with Gasteiger partial charge in [0.2, 0.25) is 0 Å². The van der Waals surface area contributed by atoms with Crippen LogP contribution < -0.4 is 4.90 Å². The predicted octanol–water partition coefficient (Wildman–Crippen LogP) is 5.26. The van der Waals surface area contributed by atoms with Crippen molar-refractivity contribution in [1.29, 1.82) is 0 Å². The first-order valence-electron chi connectivity index (χ1n) is 12.4. The summed E-state index contributed by atoms with van der Waals surface area (Å²) in [7, 11) is -9.56. The van der Waals surface area contributed by atoms with Gasteiger partial charge in [-0.3, -0.25) is 14.9 Å². The summed E-state index contributed by atoms with van der Waals surface area (Å²) in [5, 5.41) is 11.6. The summed E-state index contributed by atoms with van der Waals surface area (Å²) in [4.78, 5) is 25.5. The van der Waals surface area contributed by atoms with Gasteiger partial charge in [-0.05, 0) is 30.7 Å². The van der Waals surface area contributed by atoms with Crippen LogP contribution in [-0.2, 0) is 24.3 Å². The second-order valence-corrected chi connectivity index (χ2v) is 12.6. The maximum absolute atomic E-state index is 14.1. The van der Waals surface area contributed by atoms with Gasteiger partial charge >= 0.3 is 15.6 Å². The first-order valence-corrected chi connectivity index (χ1v) is 15.2. The highest BCUT2D eigenvalue weighted by atomic mass is 32.2. The molecule has 1 atom stereocenters. The molecular formula is C26H24F3N3O8S2.